The Bertz CT molecular complexity index is 908. The van der Waals surface area contributed by atoms with E-state index in [4.69, 9.17) is 9.47 Å². The van der Waals surface area contributed by atoms with Gasteiger partial charge in [0.15, 0.2) is 0 Å². The van der Waals surface area contributed by atoms with Crippen LogP contribution in [-0.2, 0) is 10.0 Å². The van der Waals surface area contributed by atoms with E-state index in [-0.39, 0.29) is 28.4 Å². The number of halogens is 1. The summed E-state index contributed by atoms with van der Waals surface area (Å²) in [6.45, 7) is 0. The van der Waals surface area contributed by atoms with Crippen molar-refractivity contribution in [2.75, 3.05) is 37.1 Å². The lowest BCUT2D eigenvalue weighted by atomic mass is 10.1. The predicted octanol–water partition coefficient (Wildman–Crippen LogP) is 2.49. The van der Waals surface area contributed by atoms with Gasteiger partial charge in [-0.15, -0.1) is 0 Å². The number of hydrogen-bond donors (Lipinski definition) is 1. The minimum absolute atomic E-state index is 0.00381. The molecule has 0 spiro atoms. The van der Waals surface area contributed by atoms with E-state index in [9.17, 15) is 17.6 Å². The molecule has 0 atom stereocenters. The van der Waals surface area contributed by atoms with Gasteiger partial charge < -0.3 is 14.8 Å². The van der Waals surface area contributed by atoms with Gasteiger partial charge in [-0.1, -0.05) is 6.07 Å². The molecule has 0 fully saturated rings. The molecule has 7 nitrogen and oxygen atoms in total. The summed E-state index contributed by atoms with van der Waals surface area (Å²) < 4.78 is 48.6. The maximum atomic E-state index is 13.7. The summed E-state index contributed by atoms with van der Waals surface area (Å²) in [5, 5.41) is 2.53. The Morgan fingerprint density at radius 1 is 1.12 bits per heavy atom. The fraction of sp³-hybridized carbons (Fsp3) is 0.235. The van der Waals surface area contributed by atoms with E-state index in [0.29, 0.717) is 0 Å². The highest BCUT2D eigenvalue weighted by Crippen LogP contribution is 2.32. The fourth-order valence-electron chi connectivity index (χ4n) is 2.32. The van der Waals surface area contributed by atoms with E-state index in [1.54, 1.807) is 18.2 Å². The van der Waals surface area contributed by atoms with E-state index in [2.05, 4.69) is 5.32 Å². The molecule has 9 heteroatoms. The van der Waals surface area contributed by atoms with Gasteiger partial charge in [-0.2, -0.15) is 0 Å². The summed E-state index contributed by atoms with van der Waals surface area (Å²) >= 11 is 0. The average molecular weight is 382 g/mol. The number of carbonyl (C=O) groups excluding carboxylic acids is 1. The molecule has 1 amide bonds. The second-order valence-electron chi connectivity index (χ2n) is 5.38. The number of anilines is 2. The standard InChI is InChI=1S/C17H19FN2O5S/c1-20(26(4,22)23)13-9-8-11(18)10-12(13)19-17(21)16-14(24-2)6-5-7-15(16)25-3/h5-10H,1-4H3,(H,19,21). The summed E-state index contributed by atoms with van der Waals surface area (Å²) in [7, 11) is 0.499. The molecule has 0 saturated heterocycles. The zero-order chi connectivity index (χ0) is 19.5. The Hall–Kier alpha value is -2.81. The highest BCUT2D eigenvalue weighted by atomic mass is 32.2. The minimum atomic E-state index is -3.61. The second-order valence-corrected chi connectivity index (χ2v) is 7.40. The molecule has 0 aliphatic rings. The maximum absolute atomic E-state index is 13.7. The number of methoxy groups -OCH3 is 2. The van der Waals surface area contributed by atoms with Crippen LogP contribution in [0, 0.1) is 5.82 Å². The quantitative estimate of drug-likeness (QED) is 0.830. The van der Waals surface area contributed by atoms with Crippen molar-refractivity contribution in [2.45, 2.75) is 0 Å². The van der Waals surface area contributed by atoms with Gasteiger partial charge in [-0.05, 0) is 30.3 Å². The second kappa shape index (κ2) is 7.61. The van der Waals surface area contributed by atoms with Gasteiger partial charge in [0.2, 0.25) is 10.0 Å². The lowest BCUT2D eigenvalue weighted by molar-refractivity contribution is 0.102. The minimum Gasteiger partial charge on any atom is -0.496 e. The summed E-state index contributed by atoms with van der Waals surface area (Å²) in [6, 6.07) is 8.22. The molecule has 0 bridgehead atoms. The van der Waals surface area contributed by atoms with Gasteiger partial charge in [-0.3, -0.25) is 9.10 Å². The largest absolute Gasteiger partial charge is 0.496 e. The monoisotopic (exact) mass is 382 g/mol. The first-order chi connectivity index (χ1) is 12.2. The number of hydrogen-bond acceptors (Lipinski definition) is 5. The Kier molecular flexibility index (Phi) is 5.71. The van der Waals surface area contributed by atoms with Gasteiger partial charge in [0.05, 0.1) is 31.9 Å². The number of carbonyl (C=O) groups is 1. The van der Waals surface area contributed by atoms with Crippen molar-refractivity contribution >= 4 is 27.3 Å². The number of rotatable bonds is 6. The van der Waals surface area contributed by atoms with E-state index in [1.807, 2.05) is 0 Å². The molecule has 0 radical (unpaired) electrons. The predicted molar refractivity (Wildman–Crippen MR) is 97.1 cm³/mol. The first kappa shape index (κ1) is 19.5. The Balaban J connectivity index is 2.50. The molecule has 0 saturated carbocycles. The SMILES string of the molecule is COc1cccc(OC)c1C(=O)Nc1cc(F)ccc1N(C)S(C)(=O)=O. The number of benzene rings is 2. The van der Waals surface area contributed by atoms with Crippen LogP contribution in [0.4, 0.5) is 15.8 Å². The number of sulfonamides is 1. The molecular weight excluding hydrogens is 363 g/mol. The zero-order valence-corrected chi connectivity index (χ0v) is 15.6. The van der Waals surface area contributed by atoms with Crippen LogP contribution in [0.3, 0.4) is 0 Å². The van der Waals surface area contributed by atoms with Gasteiger partial charge >= 0.3 is 0 Å². The summed E-state index contributed by atoms with van der Waals surface area (Å²) in [5.74, 6) is -0.737. The molecule has 2 rings (SSSR count). The lowest BCUT2D eigenvalue weighted by Crippen LogP contribution is -2.26. The molecule has 0 unspecified atom stereocenters. The van der Waals surface area contributed by atoms with Crippen LogP contribution >= 0.6 is 0 Å². The van der Waals surface area contributed by atoms with Crippen LogP contribution < -0.4 is 19.1 Å². The molecule has 0 heterocycles. The molecule has 0 aliphatic carbocycles. The normalized spacial score (nSPS) is 11.0. The highest BCUT2D eigenvalue weighted by Gasteiger charge is 2.22. The van der Waals surface area contributed by atoms with Crippen molar-refractivity contribution < 1.29 is 27.1 Å². The third kappa shape index (κ3) is 4.05. The third-order valence-corrected chi connectivity index (χ3v) is 4.89. The number of amides is 1. The fourth-order valence-corrected chi connectivity index (χ4v) is 2.84. The van der Waals surface area contributed by atoms with Crippen molar-refractivity contribution in [3.8, 4) is 11.5 Å². The van der Waals surface area contributed by atoms with Crippen molar-refractivity contribution in [1.82, 2.24) is 0 Å². The Morgan fingerprint density at radius 3 is 2.19 bits per heavy atom. The van der Waals surface area contributed by atoms with Gasteiger partial charge in [0, 0.05) is 7.05 Å². The van der Waals surface area contributed by atoms with Crippen LogP contribution in [0.25, 0.3) is 0 Å². The number of ether oxygens (including phenoxy) is 2. The molecule has 0 aliphatic heterocycles. The summed E-state index contributed by atoms with van der Waals surface area (Å²) in [5.41, 5.74) is 0.224. The summed E-state index contributed by atoms with van der Waals surface area (Å²) in [6.07, 6.45) is 1.01. The molecule has 2 aromatic carbocycles. The van der Waals surface area contributed by atoms with E-state index < -0.39 is 21.7 Å². The third-order valence-electron chi connectivity index (χ3n) is 3.70. The van der Waals surface area contributed by atoms with Crippen molar-refractivity contribution in [1.29, 1.82) is 0 Å². The first-order valence-electron chi connectivity index (χ1n) is 7.44. The smallest absolute Gasteiger partial charge is 0.263 e. The highest BCUT2D eigenvalue weighted by molar-refractivity contribution is 7.92. The molecule has 2 aromatic rings. The Labute approximate surface area is 151 Å². The zero-order valence-electron chi connectivity index (χ0n) is 14.7. The Morgan fingerprint density at radius 2 is 1.69 bits per heavy atom. The lowest BCUT2D eigenvalue weighted by Gasteiger charge is -2.21. The molecular formula is C17H19FN2O5S. The van der Waals surface area contributed by atoms with Gasteiger partial charge in [-0.25, -0.2) is 12.8 Å². The van der Waals surface area contributed by atoms with Crippen LogP contribution in [0.2, 0.25) is 0 Å². The van der Waals surface area contributed by atoms with E-state index in [0.717, 1.165) is 22.7 Å². The molecule has 1 N–H and O–H groups in total. The van der Waals surface area contributed by atoms with Crippen molar-refractivity contribution in [3.05, 3.63) is 47.8 Å². The summed E-state index contributed by atoms with van der Waals surface area (Å²) in [4.78, 5) is 12.7. The van der Waals surface area contributed by atoms with E-state index in [1.165, 1.54) is 27.3 Å². The van der Waals surface area contributed by atoms with Crippen LogP contribution in [0.5, 0.6) is 11.5 Å². The molecule has 26 heavy (non-hydrogen) atoms. The number of nitrogens with zero attached hydrogens (tertiary/aromatic N) is 1. The van der Waals surface area contributed by atoms with Crippen LogP contribution in [-0.4, -0.2) is 41.8 Å². The van der Waals surface area contributed by atoms with Crippen LogP contribution in [0.15, 0.2) is 36.4 Å². The average Bonchev–Trinajstić information content (AvgIpc) is 2.59. The van der Waals surface area contributed by atoms with E-state index >= 15 is 0 Å². The maximum Gasteiger partial charge on any atom is 0.263 e. The topological polar surface area (TPSA) is 84.9 Å². The van der Waals surface area contributed by atoms with Crippen LogP contribution in [0.1, 0.15) is 10.4 Å². The van der Waals surface area contributed by atoms with Gasteiger partial charge in [0.1, 0.15) is 22.9 Å². The first-order valence-corrected chi connectivity index (χ1v) is 9.29. The van der Waals surface area contributed by atoms with Crippen molar-refractivity contribution in [2.24, 2.45) is 0 Å². The number of nitrogens with one attached hydrogen (secondary N) is 1. The molecule has 0 aromatic heterocycles. The van der Waals surface area contributed by atoms with Gasteiger partial charge in [0.25, 0.3) is 5.91 Å². The van der Waals surface area contributed by atoms with Crippen molar-refractivity contribution in [3.63, 3.8) is 0 Å². The molecule has 140 valence electrons.